The van der Waals surface area contributed by atoms with E-state index in [4.69, 9.17) is 0 Å². The van der Waals surface area contributed by atoms with E-state index in [0.717, 1.165) is 31.2 Å². The van der Waals surface area contributed by atoms with Gasteiger partial charge in [-0.2, -0.15) is 0 Å². The molecule has 0 heterocycles. The minimum Gasteiger partial charge on any atom is -0.349 e. The Labute approximate surface area is 138 Å². The van der Waals surface area contributed by atoms with Crippen molar-refractivity contribution in [2.75, 3.05) is 0 Å². The van der Waals surface area contributed by atoms with Crippen molar-refractivity contribution in [3.05, 3.63) is 34.9 Å². The number of carbonyl (C=O) groups excluding carboxylic acids is 2. The molecule has 0 aromatic heterocycles. The lowest BCUT2D eigenvalue weighted by Gasteiger charge is -2.15. The first-order valence-corrected chi connectivity index (χ1v) is 8.85. The maximum Gasteiger partial charge on any atom is 0.251 e. The molecular formula is C19H26N2O2. The van der Waals surface area contributed by atoms with Crippen LogP contribution in [0.1, 0.15) is 77.6 Å². The van der Waals surface area contributed by atoms with Gasteiger partial charge in [0.05, 0.1) is 0 Å². The zero-order valence-corrected chi connectivity index (χ0v) is 13.9. The van der Waals surface area contributed by atoms with Crippen molar-refractivity contribution in [3.63, 3.8) is 0 Å². The second-order valence-electron chi connectivity index (χ2n) is 7.00. The summed E-state index contributed by atoms with van der Waals surface area (Å²) in [4.78, 5) is 24.9. The third-order valence-corrected chi connectivity index (χ3v) is 4.98. The highest BCUT2D eigenvalue weighted by Gasteiger charge is 2.21. The summed E-state index contributed by atoms with van der Waals surface area (Å²) in [5.74, 6) is -0.119. The molecule has 0 atom stereocenters. The van der Waals surface area contributed by atoms with Crippen LogP contribution in [0.4, 0.5) is 0 Å². The van der Waals surface area contributed by atoms with E-state index in [9.17, 15) is 9.59 Å². The number of amides is 2. The van der Waals surface area contributed by atoms with Crippen LogP contribution >= 0.6 is 0 Å². The Balaban J connectivity index is 1.69. The van der Waals surface area contributed by atoms with E-state index < -0.39 is 0 Å². The van der Waals surface area contributed by atoms with Crippen molar-refractivity contribution in [1.82, 2.24) is 10.6 Å². The monoisotopic (exact) mass is 314 g/mol. The number of benzene rings is 1. The van der Waals surface area contributed by atoms with Gasteiger partial charge in [-0.25, -0.2) is 0 Å². The smallest absolute Gasteiger partial charge is 0.251 e. The number of nitrogens with one attached hydrogen (secondary N) is 2. The summed E-state index contributed by atoms with van der Waals surface area (Å²) in [7, 11) is 0. The molecule has 0 saturated heterocycles. The van der Waals surface area contributed by atoms with E-state index in [1.807, 2.05) is 19.1 Å². The summed E-state index contributed by atoms with van der Waals surface area (Å²) in [6.07, 6.45) is 9.00. The lowest BCUT2D eigenvalue weighted by molar-refractivity contribution is 0.0937. The number of rotatable bonds is 4. The highest BCUT2D eigenvalue weighted by Crippen LogP contribution is 2.20. The molecule has 2 amide bonds. The molecule has 0 spiro atoms. The SMILES string of the molecule is Cc1cc(C(=O)NC2CCCC2)cc(C(=O)NC2CCCC2)c1. The summed E-state index contributed by atoms with van der Waals surface area (Å²) < 4.78 is 0. The molecule has 0 radical (unpaired) electrons. The average Bonchev–Trinajstić information content (AvgIpc) is 3.20. The lowest BCUT2D eigenvalue weighted by atomic mass is 10.0. The molecular weight excluding hydrogens is 288 g/mol. The van der Waals surface area contributed by atoms with E-state index >= 15 is 0 Å². The van der Waals surface area contributed by atoms with E-state index in [-0.39, 0.29) is 11.8 Å². The van der Waals surface area contributed by atoms with Crippen LogP contribution in [0.5, 0.6) is 0 Å². The normalized spacial score (nSPS) is 19.0. The predicted molar refractivity (Wildman–Crippen MR) is 90.6 cm³/mol. The van der Waals surface area contributed by atoms with Gasteiger partial charge in [0.25, 0.3) is 11.8 Å². The Morgan fingerprint density at radius 1 is 0.783 bits per heavy atom. The van der Waals surface area contributed by atoms with E-state index in [1.54, 1.807) is 6.07 Å². The first-order valence-electron chi connectivity index (χ1n) is 8.85. The Morgan fingerprint density at radius 3 is 1.57 bits per heavy atom. The number of carbonyl (C=O) groups is 2. The van der Waals surface area contributed by atoms with Crippen molar-refractivity contribution in [2.45, 2.75) is 70.4 Å². The highest BCUT2D eigenvalue weighted by molar-refractivity contribution is 6.00. The van der Waals surface area contributed by atoms with Gasteiger partial charge in [-0.1, -0.05) is 25.7 Å². The predicted octanol–water partition coefficient (Wildman–Crippen LogP) is 3.34. The van der Waals surface area contributed by atoms with Crippen LogP contribution in [0.2, 0.25) is 0 Å². The molecule has 0 aliphatic heterocycles. The molecule has 2 fully saturated rings. The number of hydrogen-bond acceptors (Lipinski definition) is 2. The van der Waals surface area contributed by atoms with Gasteiger partial charge in [0.2, 0.25) is 0 Å². The van der Waals surface area contributed by atoms with Crippen LogP contribution in [0.25, 0.3) is 0 Å². The topological polar surface area (TPSA) is 58.2 Å². The molecule has 23 heavy (non-hydrogen) atoms. The standard InChI is InChI=1S/C19H26N2O2/c1-13-10-14(18(22)20-16-6-2-3-7-16)12-15(11-13)19(23)21-17-8-4-5-9-17/h10-12,16-17H,2-9H2,1H3,(H,20,22)(H,21,23). The van der Waals surface area contributed by atoms with Gasteiger partial charge in [0.1, 0.15) is 0 Å². The van der Waals surface area contributed by atoms with E-state index in [0.29, 0.717) is 23.2 Å². The van der Waals surface area contributed by atoms with Gasteiger partial charge in [0.15, 0.2) is 0 Å². The van der Waals surface area contributed by atoms with Crippen molar-refractivity contribution >= 4 is 11.8 Å². The third-order valence-electron chi connectivity index (χ3n) is 4.98. The van der Waals surface area contributed by atoms with Gasteiger partial charge in [-0.3, -0.25) is 9.59 Å². The molecule has 0 bridgehead atoms. The first kappa shape index (κ1) is 16.0. The summed E-state index contributed by atoms with van der Waals surface area (Å²) in [5, 5.41) is 6.18. The molecule has 2 aliphatic rings. The second-order valence-corrected chi connectivity index (χ2v) is 7.00. The highest BCUT2D eigenvalue weighted by atomic mass is 16.2. The zero-order chi connectivity index (χ0) is 16.2. The second kappa shape index (κ2) is 7.16. The van der Waals surface area contributed by atoms with Gasteiger partial charge >= 0.3 is 0 Å². The van der Waals surface area contributed by atoms with Crippen LogP contribution in [0.15, 0.2) is 18.2 Å². The summed E-state index contributed by atoms with van der Waals surface area (Å²) in [6, 6.07) is 6.02. The van der Waals surface area contributed by atoms with Crippen LogP contribution < -0.4 is 10.6 Å². The van der Waals surface area contributed by atoms with Gasteiger partial charge in [-0.05, 0) is 56.4 Å². The van der Waals surface area contributed by atoms with Crippen molar-refractivity contribution < 1.29 is 9.59 Å². The van der Waals surface area contributed by atoms with Crippen LogP contribution in [-0.2, 0) is 0 Å². The quantitative estimate of drug-likeness (QED) is 0.895. The van der Waals surface area contributed by atoms with Crippen molar-refractivity contribution in [2.24, 2.45) is 0 Å². The molecule has 2 N–H and O–H groups in total. The minimum atomic E-state index is -0.0597. The maximum absolute atomic E-state index is 12.4. The minimum absolute atomic E-state index is 0.0597. The van der Waals surface area contributed by atoms with Crippen molar-refractivity contribution in [3.8, 4) is 0 Å². The fourth-order valence-electron chi connectivity index (χ4n) is 3.72. The van der Waals surface area contributed by atoms with Crippen LogP contribution in [0, 0.1) is 6.92 Å². The Morgan fingerprint density at radius 2 is 1.17 bits per heavy atom. The molecule has 1 aromatic carbocycles. The van der Waals surface area contributed by atoms with Crippen LogP contribution in [-0.4, -0.2) is 23.9 Å². The van der Waals surface area contributed by atoms with Gasteiger partial charge in [0, 0.05) is 23.2 Å². The summed E-state index contributed by atoms with van der Waals surface area (Å²) in [5.41, 5.74) is 2.13. The Kier molecular flexibility index (Phi) is 4.99. The summed E-state index contributed by atoms with van der Waals surface area (Å²) in [6.45, 7) is 1.93. The first-order chi connectivity index (χ1) is 11.1. The largest absolute Gasteiger partial charge is 0.349 e. The van der Waals surface area contributed by atoms with Crippen molar-refractivity contribution in [1.29, 1.82) is 0 Å². The zero-order valence-electron chi connectivity index (χ0n) is 13.9. The molecule has 3 rings (SSSR count). The number of hydrogen-bond donors (Lipinski definition) is 2. The lowest BCUT2D eigenvalue weighted by Crippen LogP contribution is -2.34. The van der Waals surface area contributed by atoms with Crippen LogP contribution in [0.3, 0.4) is 0 Å². The third kappa shape index (κ3) is 4.12. The fraction of sp³-hybridized carbons (Fsp3) is 0.579. The van der Waals surface area contributed by atoms with Gasteiger partial charge < -0.3 is 10.6 Å². The maximum atomic E-state index is 12.4. The molecule has 124 valence electrons. The Hall–Kier alpha value is -1.84. The number of aryl methyl sites for hydroxylation is 1. The van der Waals surface area contributed by atoms with E-state index in [1.165, 1.54) is 25.7 Å². The van der Waals surface area contributed by atoms with E-state index in [2.05, 4.69) is 10.6 Å². The summed E-state index contributed by atoms with van der Waals surface area (Å²) >= 11 is 0. The molecule has 2 saturated carbocycles. The molecule has 4 heteroatoms. The molecule has 0 unspecified atom stereocenters. The fourth-order valence-corrected chi connectivity index (χ4v) is 3.72. The molecule has 2 aliphatic carbocycles. The van der Waals surface area contributed by atoms with Gasteiger partial charge in [-0.15, -0.1) is 0 Å². The molecule has 4 nitrogen and oxygen atoms in total. The Bertz CT molecular complexity index is 537. The average molecular weight is 314 g/mol. The molecule has 1 aromatic rings.